The second-order valence-electron chi connectivity index (χ2n) is 8.59. The molecule has 3 nitrogen and oxygen atoms in total. The number of phenolic OH excluding ortho intramolecular Hbond substituents is 1. The van der Waals surface area contributed by atoms with Crippen molar-refractivity contribution in [3.63, 3.8) is 0 Å². The first-order chi connectivity index (χ1) is 14.2. The van der Waals surface area contributed by atoms with Gasteiger partial charge in [-0.2, -0.15) is 0 Å². The van der Waals surface area contributed by atoms with Crippen molar-refractivity contribution in [3.05, 3.63) is 77.4 Å². The molecule has 2 bridgehead atoms. The van der Waals surface area contributed by atoms with Gasteiger partial charge < -0.3 is 10.2 Å². The van der Waals surface area contributed by atoms with Crippen LogP contribution in [0.3, 0.4) is 0 Å². The van der Waals surface area contributed by atoms with Gasteiger partial charge in [-0.1, -0.05) is 55.0 Å². The van der Waals surface area contributed by atoms with Gasteiger partial charge >= 0.3 is 0 Å². The third-order valence-corrected chi connectivity index (χ3v) is 6.90. The highest BCUT2D eigenvalue weighted by Gasteiger charge is 2.45. The number of aromatic hydroxyl groups is 1. The fourth-order valence-corrected chi connectivity index (χ4v) is 5.60. The lowest BCUT2D eigenvalue weighted by molar-refractivity contribution is 0.197. The molecule has 4 rings (SSSR count). The Bertz CT molecular complexity index is 832. The van der Waals surface area contributed by atoms with E-state index in [1.807, 2.05) is 12.1 Å². The summed E-state index contributed by atoms with van der Waals surface area (Å²) < 4.78 is 0. The molecule has 2 atom stereocenters. The monoisotopic (exact) mass is 391 g/mol. The Morgan fingerprint density at radius 1 is 1.03 bits per heavy atom. The number of aliphatic hydroxyl groups is 1. The van der Waals surface area contributed by atoms with Crippen molar-refractivity contribution < 1.29 is 10.2 Å². The number of fused-ring (bicyclic) bond motifs is 2. The van der Waals surface area contributed by atoms with Crippen molar-refractivity contribution in [1.29, 1.82) is 0 Å². The number of phenols is 1. The van der Waals surface area contributed by atoms with Gasteiger partial charge in [-0.05, 0) is 73.9 Å². The Balaban J connectivity index is 1.66. The zero-order valence-electron chi connectivity index (χ0n) is 17.3. The minimum Gasteiger partial charge on any atom is -0.508 e. The topological polar surface area (TPSA) is 43.7 Å². The van der Waals surface area contributed by atoms with Gasteiger partial charge in [0.25, 0.3) is 0 Å². The Kier molecular flexibility index (Phi) is 6.37. The van der Waals surface area contributed by atoms with E-state index in [4.69, 9.17) is 0 Å². The quantitative estimate of drug-likeness (QED) is 0.693. The van der Waals surface area contributed by atoms with Crippen LogP contribution in [0, 0.1) is 0 Å². The Morgan fingerprint density at radius 2 is 1.86 bits per heavy atom. The lowest BCUT2D eigenvalue weighted by Crippen LogP contribution is -2.45. The summed E-state index contributed by atoms with van der Waals surface area (Å²) in [7, 11) is 0. The summed E-state index contributed by atoms with van der Waals surface area (Å²) in [5.74, 6) is 0.352. The predicted molar refractivity (Wildman–Crippen MR) is 118 cm³/mol. The van der Waals surface area contributed by atoms with Gasteiger partial charge in [0.2, 0.25) is 0 Å². The van der Waals surface area contributed by atoms with Crippen LogP contribution in [0.2, 0.25) is 0 Å². The van der Waals surface area contributed by atoms with Gasteiger partial charge in [0.15, 0.2) is 0 Å². The molecule has 0 amide bonds. The Labute approximate surface area is 174 Å². The molecule has 3 heteroatoms. The van der Waals surface area contributed by atoms with Crippen LogP contribution in [0.5, 0.6) is 5.75 Å². The van der Waals surface area contributed by atoms with Crippen molar-refractivity contribution in [2.24, 2.45) is 0 Å². The molecule has 29 heavy (non-hydrogen) atoms. The lowest BCUT2D eigenvalue weighted by atomic mass is 9.62. The van der Waals surface area contributed by atoms with Crippen molar-refractivity contribution >= 4 is 0 Å². The molecule has 0 radical (unpaired) electrons. The van der Waals surface area contributed by atoms with Crippen LogP contribution in [0.4, 0.5) is 0 Å². The molecule has 1 saturated carbocycles. The van der Waals surface area contributed by atoms with E-state index in [0.717, 1.165) is 38.8 Å². The maximum Gasteiger partial charge on any atom is 0.115 e. The maximum absolute atomic E-state index is 10.2. The Hall–Kier alpha value is -2.10. The van der Waals surface area contributed by atoms with Crippen LogP contribution in [-0.2, 0) is 11.8 Å². The SMILES string of the molecule is OCC/C=C1\[C@@H]2CCCC1(c1cccc(O)c1)CCCN2CCc1ccccc1. The molecule has 154 valence electrons. The summed E-state index contributed by atoms with van der Waals surface area (Å²) in [5.41, 5.74) is 4.12. The average molecular weight is 392 g/mol. The molecule has 1 aliphatic carbocycles. The summed E-state index contributed by atoms with van der Waals surface area (Å²) in [6, 6.07) is 19.1. The molecule has 1 aliphatic heterocycles. The highest BCUT2D eigenvalue weighted by atomic mass is 16.3. The van der Waals surface area contributed by atoms with Crippen LogP contribution < -0.4 is 0 Å². The van der Waals surface area contributed by atoms with Gasteiger partial charge in [-0.15, -0.1) is 0 Å². The maximum atomic E-state index is 10.2. The molecule has 2 fully saturated rings. The molecular formula is C26H33NO2. The van der Waals surface area contributed by atoms with Crippen LogP contribution in [-0.4, -0.2) is 40.9 Å². The second-order valence-corrected chi connectivity index (χ2v) is 8.59. The van der Waals surface area contributed by atoms with Crippen molar-refractivity contribution in [3.8, 4) is 5.75 Å². The van der Waals surface area contributed by atoms with Gasteiger partial charge in [0.1, 0.15) is 5.75 Å². The zero-order valence-corrected chi connectivity index (χ0v) is 17.3. The highest BCUT2D eigenvalue weighted by molar-refractivity contribution is 5.44. The predicted octanol–water partition coefficient (Wildman–Crippen LogP) is 4.83. The van der Waals surface area contributed by atoms with Crippen molar-refractivity contribution in [1.82, 2.24) is 4.90 Å². The molecule has 2 aliphatic rings. The summed E-state index contributed by atoms with van der Waals surface area (Å²) in [6.45, 7) is 2.38. The van der Waals surface area contributed by atoms with Gasteiger partial charge in [-0.25, -0.2) is 0 Å². The number of likely N-dealkylation sites (tertiary alicyclic amines) is 1. The first kappa shape index (κ1) is 20.2. The first-order valence-electron chi connectivity index (χ1n) is 11.1. The van der Waals surface area contributed by atoms with Gasteiger partial charge in [-0.3, -0.25) is 4.90 Å². The van der Waals surface area contributed by atoms with Crippen LogP contribution in [0.25, 0.3) is 0 Å². The van der Waals surface area contributed by atoms with E-state index in [0.29, 0.717) is 18.2 Å². The van der Waals surface area contributed by atoms with E-state index in [9.17, 15) is 10.2 Å². The smallest absolute Gasteiger partial charge is 0.115 e. The summed E-state index contributed by atoms with van der Waals surface area (Å²) >= 11 is 0. The number of rotatable bonds is 6. The van der Waals surface area contributed by atoms with Crippen molar-refractivity contribution in [2.75, 3.05) is 19.7 Å². The molecule has 0 spiro atoms. The number of hydrogen-bond donors (Lipinski definition) is 2. The minimum atomic E-state index is -0.00166. The zero-order chi connectivity index (χ0) is 20.1. The van der Waals surface area contributed by atoms with E-state index in [1.165, 1.54) is 29.5 Å². The van der Waals surface area contributed by atoms with Crippen molar-refractivity contribution in [2.45, 2.75) is 56.4 Å². The van der Waals surface area contributed by atoms with E-state index < -0.39 is 0 Å². The molecule has 0 aromatic heterocycles. The van der Waals surface area contributed by atoms with Crippen LogP contribution in [0.15, 0.2) is 66.2 Å². The van der Waals surface area contributed by atoms with E-state index >= 15 is 0 Å². The largest absolute Gasteiger partial charge is 0.508 e. The normalized spacial score (nSPS) is 26.4. The summed E-state index contributed by atoms with van der Waals surface area (Å²) in [4.78, 5) is 2.68. The summed E-state index contributed by atoms with van der Waals surface area (Å²) in [6.07, 6.45) is 9.91. The van der Waals surface area contributed by atoms with Gasteiger partial charge in [0.05, 0.1) is 0 Å². The number of benzene rings is 2. The molecule has 1 saturated heterocycles. The molecule has 2 aromatic carbocycles. The number of aliphatic hydroxyl groups excluding tert-OH is 1. The van der Waals surface area contributed by atoms with E-state index in [2.05, 4.69) is 47.4 Å². The number of hydrogen-bond acceptors (Lipinski definition) is 3. The minimum absolute atomic E-state index is 0.00166. The molecule has 2 aromatic rings. The summed E-state index contributed by atoms with van der Waals surface area (Å²) in [5, 5.41) is 19.7. The van der Waals surface area contributed by atoms with Gasteiger partial charge in [0, 0.05) is 24.6 Å². The molecular weight excluding hydrogens is 358 g/mol. The standard InChI is InChI=1S/C26H33NO2/c28-19-6-12-24-25-13-5-15-26(24,22-10-4-11-23(29)20-22)16-7-17-27(25)18-14-21-8-2-1-3-9-21/h1-4,8-12,20,25,28-29H,5-7,13-19H2/b24-12+/t25-,26?/m0/s1. The molecule has 2 N–H and O–H groups in total. The second kappa shape index (κ2) is 9.15. The van der Waals surface area contributed by atoms with Crippen LogP contribution in [0.1, 0.15) is 49.7 Å². The van der Waals surface area contributed by atoms with E-state index in [-0.39, 0.29) is 12.0 Å². The average Bonchev–Trinajstić information content (AvgIpc) is 2.83. The number of nitrogens with zero attached hydrogens (tertiary/aromatic N) is 1. The third-order valence-electron chi connectivity index (χ3n) is 6.90. The van der Waals surface area contributed by atoms with E-state index in [1.54, 1.807) is 6.07 Å². The lowest BCUT2D eigenvalue weighted by Gasteiger charge is -2.45. The highest BCUT2D eigenvalue weighted by Crippen LogP contribution is 2.50. The molecule has 1 unspecified atom stereocenters. The fourth-order valence-electron chi connectivity index (χ4n) is 5.60. The fraction of sp³-hybridized carbons (Fsp3) is 0.462. The van der Waals surface area contributed by atoms with Crippen LogP contribution >= 0.6 is 0 Å². The Morgan fingerprint density at radius 3 is 2.66 bits per heavy atom. The first-order valence-corrected chi connectivity index (χ1v) is 11.1. The third kappa shape index (κ3) is 4.26. The molecule has 1 heterocycles.